The topological polar surface area (TPSA) is 32.3 Å². The molecule has 0 atom stereocenters. The van der Waals surface area contributed by atoms with Crippen LogP contribution in [0.2, 0.25) is 0 Å². The van der Waals surface area contributed by atoms with Crippen molar-refractivity contribution in [2.45, 2.75) is 26.2 Å². The van der Waals surface area contributed by atoms with E-state index in [1.807, 2.05) is 4.90 Å². The molecule has 22 heavy (non-hydrogen) atoms. The second-order valence-corrected chi connectivity index (χ2v) is 5.56. The molecule has 1 aliphatic rings. The summed E-state index contributed by atoms with van der Waals surface area (Å²) in [5.41, 5.74) is 0.522. The van der Waals surface area contributed by atoms with Crippen molar-refractivity contribution in [3.63, 3.8) is 0 Å². The van der Waals surface area contributed by atoms with Crippen LogP contribution in [0.5, 0.6) is 0 Å². The maximum Gasteiger partial charge on any atom is 0.226 e. The number of carbonyl (C=O) groups excluding carboxylic acids is 1. The molecule has 0 spiro atoms. The average molecular weight is 333 g/mol. The van der Waals surface area contributed by atoms with Crippen molar-refractivity contribution in [3.05, 3.63) is 35.4 Å². The Morgan fingerprint density at radius 1 is 1.27 bits per heavy atom. The average Bonchev–Trinajstić information content (AvgIpc) is 2.49. The zero-order valence-corrected chi connectivity index (χ0v) is 13.6. The van der Waals surface area contributed by atoms with Crippen LogP contribution in [0.3, 0.4) is 0 Å². The molecule has 0 saturated carbocycles. The van der Waals surface area contributed by atoms with Gasteiger partial charge in [-0.2, -0.15) is 0 Å². The highest BCUT2D eigenvalue weighted by Crippen LogP contribution is 2.18. The third kappa shape index (κ3) is 5.21. The summed E-state index contributed by atoms with van der Waals surface area (Å²) in [6.07, 6.45) is 2.13. The van der Waals surface area contributed by atoms with E-state index in [1.54, 1.807) is 0 Å². The fourth-order valence-corrected chi connectivity index (χ4v) is 2.67. The molecule has 0 aromatic heterocycles. The molecule has 1 aromatic rings. The Kier molecular flexibility index (Phi) is 7.76. The quantitative estimate of drug-likeness (QED) is 0.899. The summed E-state index contributed by atoms with van der Waals surface area (Å²) in [7, 11) is 0. The lowest BCUT2D eigenvalue weighted by Gasteiger charge is -2.32. The Hall–Kier alpha value is -1.20. The van der Waals surface area contributed by atoms with Crippen molar-refractivity contribution in [2.75, 3.05) is 26.2 Å². The molecule has 0 aliphatic carbocycles. The normalized spacial score (nSPS) is 15.5. The molecular weight excluding hydrogens is 310 g/mol. The number of hydrogen-bond donors (Lipinski definition) is 1. The Balaban J connectivity index is 0.00000242. The van der Waals surface area contributed by atoms with E-state index >= 15 is 0 Å². The number of carbonyl (C=O) groups is 1. The van der Waals surface area contributed by atoms with Gasteiger partial charge in [0, 0.05) is 13.1 Å². The van der Waals surface area contributed by atoms with E-state index in [2.05, 4.69) is 12.2 Å². The number of benzene rings is 1. The summed E-state index contributed by atoms with van der Waals surface area (Å²) in [6.45, 7) is 5.55. The molecule has 124 valence electrons. The van der Waals surface area contributed by atoms with E-state index in [4.69, 9.17) is 0 Å². The summed E-state index contributed by atoms with van der Waals surface area (Å²) >= 11 is 0. The number of nitrogens with one attached hydrogen (secondary N) is 1. The maximum atomic E-state index is 13.1. The first-order valence-electron chi connectivity index (χ1n) is 7.52. The second-order valence-electron chi connectivity index (χ2n) is 5.56. The number of hydrogen-bond acceptors (Lipinski definition) is 2. The van der Waals surface area contributed by atoms with Gasteiger partial charge in [-0.15, -0.1) is 12.4 Å². The van der Waals surface area contributed by atoms with E-state index in [-0.39, 0.29) is 24.7 Å². The minimum Gasteiger partial charge on any atom is -0.342 e. The van der Waals surface area contributed by atoms with Gasteiger partial charge >= 0.3 is 0 Å². The third-order valence-corrected chi connectivity index (χ3v) is 3.99. The van der Waals surface area contributed by atoms with Crippen molar-refractivity contribution < 1.29 is 13.6 Å². The first kappa shape index (κ1) is 18.8. The highest BCUT2D eigenvalue weighted by molar-refractivity contribution is 5.85. The lowest BCUT2D eigenvalue weighted by Crippen LogP contribution is -2.41. The highest BCUT2D eigenvalue weighted by atomic mass is 35.5. The first-order valence-corrected chi connectivity index (χ1v) is 7.52. The molecule has 1 aromatic carbocycles. The fourth-order valence-electron chi connectivity index (χ4n) is 2.67. The van der Waals surface area contributed by atoms with Crippen molar-refractivity contribution in [3.8, 4) is 0 Å². The summed E-state index contributed by atoms with van der Waals surface area (Å²) in [5, 5.41) is 3.33. The van der Waals surface area contributed by atoms with E-state index in [1.165, 1.54) is 6.07 Å². The first-order chi connectivity index (χ1) is 10.1. The minimum absolute atomic E-state index is 0. The second kappa shape index (κ2) is 9.06. The molecule has 0 radical (unpaired) electrons. The monoisotopic (exact) mass is 332 g/mol. The van der Waals surface area contributed by atoms with E-state index in [9.17, 15) is 13.6 Å². The molecule has 1 saturated heterocycles. The zero-order chi connectivity index (χ0) is 15.2. The SMILES string of the molecule is CCNCC1CCN(C(=O)Cc2ccc(F)c(F)c2)CC1.Cl. The summed E-state index contributed by atoms with van der Waals surface area (Å²) in [5.74, 6) is -1.17. The molecule has 1 N–H and O–H groups in total. The van der Waals surface area contributed by atoms with Crippen LogP contribution in [-0.4, -0.2) is 37.0 Å². The molecule has 1 aliphatic heterocycles. The van der Waals surface area contributed by atoms with Crippen molar-refractivity contribution in [1.29, 1.82) is 0 Å². The van der Waals surface area contributed by atoms with Crippen molar-refractivity contribution in [1.82, 2.24) is 10.2 Å². The predicted octanol–water partition coefficient (Wildman–Crippen LogP) is 2.78. The zero-order valence-electron chi connectivity index (χ0n) is 12.8. The fraction of sp³-hybridized carbons (Fsp3) is 0.562. The van der Waals surface area contributed by atoms with E-state index in [0.717, 1.165) is 51.2 Å². The van der Waals surface area contributed by atoms with Gasteiger partial charge in [-0.1, -0.05) is 13.0 Å². The largest absolute Gasteiger partial charge is 0.342 e. The Bertz CT molecular complexity index is 491. The van der Waals surface area contributed by atoms with Crippen LogP contribution in [0.4, 0.5) is 8.78 Å². The van der Waals surface area contributed by atoms with Crippen LogP contribution in [0.25, 0.3) is 0 Å². The summed E-state index contributed by atoms with van der Waals surface area (Å²) in [6, 6.07) is 3.64. The molecule has 1 heterocycles. The van der Waals surface area contributed by atoms with E-state index in [0.29, 0.717) is 11.5 Å². The number of nitrogens with zero attached hydrogens (tertiary/aromatic N) is 1. The maximum absolute atomic E-state index is 13.1. The lowest BCUT2D eigenvalue weighted by molar-refractivity contribution is -0.131. The molecule has 1 amide bonds. The summed E-state index contributed by atoms with van der Waals surface area (Å²) < 4.78 is 26.0. The Labute approximate surface area is 136 Å². The standard InChI is InChI=1S/C16H22F2N2O.ClH/c1-2-19-11-12-5-7-20(8-6-12)16(21)10-13-3-4-14(17)15(18)9-13;/h3-4,9,12,19H,2,5-8,10-11H2,1H3;1H. The van der Waals surface area contributed by atoms with Crippen molar-refractivity contribution in [2.24, 2.45) is 5.92 Å². The van der Waals surface area contributed by atoms with Gasteiger partial charge in [-0.3, -0.25) is 4.79 Å². The van der Waals surface area contributed by atoms with Gasteiger partial charge in [0.2, 0.25) is 5.91 Å². The molecule has 3 nitrogen and oxygen atoms in total. The molecule has 0 unspecified atom stereocenters. The minimum atomic E-state index is -0.898. The Morgan fingerprint density at radius 2 is 1.95 bits per heavy atom. The lowest BCUT2D eigenvalue weighted by atomic mass is 9.96. The van der Waals surface area contributed by atoms with Crippen LogP contribution in [0.15, 0.2) is 18.2 Å². The number of halogens is 3. The summed E-state index contributed by atoms with van der Waals surface area (Å²) in [4.78, 5) is 14.0. The van der Waals surface area contributed by atoms with Gasteiger partial charge in [0.25, 0.3) is 0 Å². The number of piperidine rings is 1. The van der Waals surface area contributed by atoms with Crippen LogP contribution < -0.4 is 5.32 Å². The highest BCUT2D eigenvalue weighted by Gasteiger charge is 2.22. The Morgan fingerprint density at radius 3 is 2.55 bits per heavy atom. The van der Waals surface area contributed by atoms with Crippen molar-refractivity contribution >= 4 is 18.3 Å². The van der Waals surface area contributed by atoms with Gasteiger partial charge in [0.1, 0.15) is 0 Å². The molecule has 6 heteroatoms. The van der Waals surface area contributed by atoms with Gasteiger partial charge in [0.05, 0.1) is 6.42 Å². The number of rotatable bonds is 5. The third-order valence-electron chi connectivity index (χ3n) is 3.99. The van der Waals surface area contributed by atoms with Gasteiger partial charge in [-0.05, 0) is 49.5 Å². The van der Waals surface area contributed by atoms with Gasteiger partial charge in [-0.25, -0.2) is 8.78 Å². The van der Waals surface area contributed by atoms with E-state index < -0.39 is 11.6 Å². The predicted molar refractivity (Wildman–Crippen MR) is 85.2 cm³/mol. The van der Waals surface area contributed by atoms with Crippen LogP contribution >= 0.6 is 12.4 Å². The van der Waals surface area contributed by atoms with Gasteiger partial charge < -0.3 is 10.2 Å². The number of amides is 1. The number of likely N-dealkylation sites (tertiary alicyclic amines) is 1. The van der Waals surface area contributed by atoms with Crippen LogP contribution in [0.1, 0.15) is 25.3 Å². The molecule has 1 fully saturated rings. The van der Waals surface area contributed by atoms with Crippen LogP contribution in [0, 0.1) is 17.6 Å². The molecule has 2 rings (SSSR count). The van der Waals surface area contributed by atoms with Crippen LogP contribution in [-0.2, 0) is 11.2 Å². The smallest absolute Gasteiger partial charge is 0.226 e. The molecule has 0 bridgehead atoms. The molecular formula is C16H23ClF2N2O. The van der Waals surface area contributed by atoms with Gasteiger partial charge in [0.15, 0.2) is 11.6 Å².